The average Bonchev–Trinajstić information content (AvgIpc) is 3.15. The van der Waals surface area contributed by atoms with E-state index in [1.165, 1.54) is 6.33 Å². The Labute approximate surface area is 188 Å². The van der Waals surface area contributed by atoms with Crippen molar-refractivity contribution in [1.29, 1.82) is 0 Å². The maximum absolute atomic E-state index is 12.4. The van der Waals surface area contributed by atoms with Gasteiger partial charge in [-0.2, -0.15) is 23.3 Å². The van der Waals surface area contributed by atoms with Crippen molar-refractivity contribution >= 4 is 28.6 Å². The minimum absolute atomic E-state index is 0.123. The summed E-state index contributed by atoms with van der Waals surface area (Å²) in [6.45, 7) is 5.04. The second kappa shape index (κ2) is 9.83. The summed E-state index contributed by atoms with van der Waals surface area (Å²) in [7, 11) is 0. The second-order valence-electron chi connectivity index (χ2n) is 7.78. The summed E-state index contributed by atoms with van der Waals surface area (Å²) in [5.41, 5.74) is 1.98. The molecular formula is C20H26F3N9O. The number of nitrogens with zero attached hydrogens (tertiary/aromatic N) is 7. The summed E-state index contributed by atoms with van der Waals surface area (Å²) in [5, 5.41) is 11.2. The van der Waals surface area contributed by atoms with Gasteiger partial charge in [-0.1, -0.05) is 6.92 Å². The number of alkyl halides is 3. The Morgan fingerprint density at radius 2 is 2.15 bits per heavy atom. The summed E-state index contributed by atoms with van der Waals surface area (Å²) in [6, 6.07) is 1.99. The van der Waals surface area contributed by atoms with Gasteiger partial charge in [0.2, 0.25) is 5.95 Å². The van der Waals surface area contributed by atoms with E-state index in [9.17, 15) is 13.2 Å². The number of hydrogen-bond acceptors (Lipinski definition) is 9. The quantitative estimate of drug-likeness (QED) is 0.485. The van der Waals surface area contributed by atoms with Crippen LogP contribution < -0.4 is 15.5 Å². The number of anilines is 3. The molecule has 178 valence electrons. The van der Waals surface area contributed by atoms with Gasteiger partial charge in [-0.3, -0.25) is 4.68 Å². The van der Waals surface area contributed by atoms with Crippen molar-refractivity contribution < 1.29 is 17.9 Å². The molecule has 0 radical (unpaired) electrons. The summed E-state index contributed by atoms with van der Waals surface area (Å²) in [5.74, 6) is 1.57. The van der Waals surface area contributed by atoms with Gasteiger partial charge in [0.25, 0.3) is 0 Å². The molecule has 0 saturated carbocycles. The lowest BCUT2D eigenvalue weighted by Gasteiger charge is -2.32. The maximum Gasteiger partial charge on any atom is 0.411 e. The Morgan fingerprint density at radius 3 is 2.85 bits per heavy atom. The van der Waals surface area contributed by atoms with Gasteiger partial charge in [-0.25, -0.2) is 15.0 Å². The first kappa shape index (κ1) is 23.1. The van der Waals surface area contributed by atoms with E-state index >= 15 is 0 Å². The molecule has 0 spiro atoms. The molecule has 0 aliphatic carbocycles. The molecular weight excluding hydrogens is 439 g/mol. The molecule has 4 heterocycles. The van der Waals surface area contributed by atoms with Crippen LogP contribution in [0.2, 0.25) is 0 Å². The van der Waals surface area contributed by atoms with Gasteiger partial charge in [0.05, 0.1) is 18.8 Å². The van der Waals surface area contributed by atoms with Crippen molar-refractivity contribution in [3.8, 4) is 0 Å². The lowest BCUT2D eigenvalue weighted by atomic mass is 10.2. The molecule has 0 amide bonds. The fraction of sp³-hybridized carbons (Fsp3) is 0.550. The molecule has 1 saturated heterocycles. The Kier molecular flexibility index (Phi) is 6.88. The van der Waals surface area contributed by atoms with Gasteiger partial charge in [-0.15, -0.1) is 0 Å². The molecule has 10 nitrogen and oxygen atoms in total. The number of halogens is 3. The number of fused-ring (bicyclic) bond motifs is 1. The number of hydrogen-bond donors (Lipinski definition) is 2. The smallest absolute Gasteiger partial charge is 0.370 e. The Morgan fingerprint density at radius 1 is 1.30 bits per heavy atom. The zero-order valence-corrected chi connectivity index (χ0v) is 18.4. The van der Waals surface area contributed by atoms with Crippen LogP contribution in [0.5, 0.6) is 0 Å². The molecule has 1 atom stereocenters. The highest BCUT2D eigenvalue weighted by molar-refractivity contribution is 5.90. The number of rotatable bonds is 8. The van der Waals surface area contributed by atoms with Crippen LogP contribution in [-0.4, -0.2) is 74.8 Å². The minimum atomic E-state index is -4.38. The second-order valence-corrected chi connectivity index (χ2v) is 7.78. The average molecular weight is 465 g/mol. The van der Waals surface area contributed by atoms with Crippen LogP contribution in [0, 0.1) is 0 Å². The van der Waals surface area contributed by atoms with Crippen LogP contribution in [-0.2, 0) is 17.7 Å². The number of aryl methyl sites for hydroxylation is 1. The molecule has 13 heteroatoms. The van der Waals surface area contributed by atoms with Gasteiger partial charge in [0.1, 0.15) is 29.8 Å². The first-order valence-corrected chi connectivity index (χ1v) is 10.8. The van der Waals surface area contributed by atoms with E-state index in [0.717, 1.165) is 25.3 Å². The number of nitrogens with one attached hydrogen (secondary N) is 2. The molecule has 1 aliphatic heterocycles. The van der Waals surface area contributed by atoms with Crippen LogP contribution in [0.4, 0.5) is 30.8 Å². The minimum Gasteiger partial charge on any atom is -0.370 e. The zero-order valence-electron chi connectivity index (χ0n) is 18.4. The number of ether oxygens (including phenoxy) is 1. The molecule has 3 aromatic heterocycles. The predicted octanol–water partition coefficient (Wildman–Crippen LogP) is 2.30. The molecule has 4 rings (SSSR count). The predicted molar refractivity (Wildman–Crippen MR) is 117 cm³/mol. The number of piperazine rings is 1. The molecule has 0 bridgehead atoms. The van der Waals surface area contributed by atoms with Crippen LogP contribution in [0.25, 0.3) is 11.0 Å². The largest absolute Gasteiger partial charge is 0.411 e. The Balaban J connectivity index is 1.72. The highest BCUT2D eigenvalue weighted by Gasteiger charge is 2.28. The molecule has 0 unspecified atom stereocenters. The van der Waals surface area contributed by atoms with Crippen molar-refractivity contribution in [1.82, 2.24) is 35.0 Å². The van der Waals surface area contributed by atoms with Crippen LogP contribution in [0.3, 0.4) is 0 Å². The van der Waals surface area contributed by atoms with Crippen LogP contribution >= 0.6 is 0 Å². The van der Waals surface area contributed by atoms with Crippen molar-refractivity contribution in [3.63, 3.8) is 0 Å². The van der Waals surface area contributed by atoms with E-state index in [0.29, 0.717) is 35.0 Å². The topological polar surface area (TPSA) is 106 Å². The molecule has 1 aliphatic rings. The van der Waals surface area contributed by atoms with Crippen LogP contribution in [0.1, 0.15) is 19.5 Å². The third-order valence-electron chi connectivity index (χ3n) is 5.17. The van der Waals surface area contributed by atoms with Gasteiger partial charge >= 0.3 is 6.18 Å². The first-order chi connectivity index (χ1) is 15.8. The molecule has 33 heavy (non-hydrogen) atoms. The third-order valence-corrected chi connectivity index (χ3v) is 5.17. The Bertz CT molecular complexity index is 1070. The van der Waals surface area contributed by atoms with Gasteiger partial charge < -0.3 is 20.3 Å². The summed E-state index contributed by atoms with van der Waals surface area (Å²) in [6.07, 6.45) is -0.751. The SMILES string of the molecule is CCc1nn(CCOCC(F)(F)F)c2c(Nc3ccncn3)nc(N3CCN[C@@H](C)C3)nc12. The lowest BCUT2D eigenvalue weighted by Crippen LogP contribution is -2.49. The maximum atomic E-state index is 12.4. The number of aromatic nitrogens is 6. The summed E-state index contributed by atoms with van der Waals surface area (Å²) < 4.78 is 43.7. The van der Waals surface area contributed by atoms with E-state index in [4.69, 9.17) is 14.7 Å². The van der Waals surface area contributed by atoms with Crippen LogP contribution in [0.15, 0.2) is 18.6 Å². The van der Waals surface area contributed by atoms with E-state index in [-0.39, 0.29) is 19.2 Å². The normalized spacial score (nSPS) is 17.0. The van der Waals surface area contributed by atoms with Gasteiger partial charge in [0, 0.05) is 31.9 Å². The lowest BCUT2D eigenvalue weighted by molar-refractivity contribution is -0.174. The fourth-order valence-corrected chi connectivity index (χ4v) is 3.70. The molecule has 1 fully saturated rings. The third kappa shape index (κ3) is 5.66. The van der Waals surface area contributed by atoms with Gasteiger partial charge in [-0.05, 0) is 19.4 Å². The summed E-state index contributed by atoms with van der Waals surface area (Å²) >= 11 is 0. The zero-order chi connectivity index (χ0) is 23.4. The highest BCUT2D eigenvalue weighted by Crippen LogP contribution is 2.29. The van der Waals surface area contributed by atoms with E-state index in [1.54, 1.807) is 16.9 Å². The first-order valence-electron chi connectivity index (χ1n) is 10.8. The molecule has 3 aromatic rings. The Hall–Kier alpha value is -3.06. The van der Waals surface area contributed by atoms with E-state index in [2.05, 4.69) is 37.5 Å². The highest BCUT2D eigenvalue weighted by atomic mass is 19.4. The van der Waals surface area contributed by atoms with E-state index in [1.807, 2.05) is 6.92 Å². The van der Waals surface area contributed by atoms with Crippen molar-refractivity contribution in [2.24, 2.45) is 0 Å². The standard InChI is InChI=1S/C20H26F3N9O/c1-3-14-16-17(32(30-14)8-9-33-11-20(21,22)23)18(27-15-4-5-24-12-26-15)29-19(28-16)31-7-6-25-13(2)10-31/h4-5,12-13,25H,3,6-11H2,1-2H3,(H,24,26,27,28,29)/t13-/m0/s1. The van der Waals surface area contributed by atoms with Crippen molar-refractivity contribution in [3.05, 3.63) is 24.3 Å². The fourth-order valence-electron chi connectivity index (χ4n) is 3.70. The van der Waals surface area contributed by atoms with Crippen molar-refractivity contribution in [2.45, 2.75) is 39.0 Å². The monoisotopic (exact) mass is 465 g/mol. The van der Waals surface area contributed by atoms with Gasteiger partial charge in [0.15, 0.2) is 5.82 Å². The van der Waals surface area contributed by atoms with Crippen molar-refractivity contribution in [2.75, 3.05) is 43.1 Å². The van der Waals surface area contributed by atoms with E-state index < -0.39 is 12.8 Å². The summed E-state index contributed by atoms with van der Waals surface area (Å²) in [4.78, 5) is 19.8. The molecule has 2 N–H and O–H groups in total. The molecule has 0 aromatic carbocycles.